The Balaban J connectivity index is 1.67. The van der Waals surface area contributed by atoms with Gasteiger partial charge < -0.3 is 19.3 Å². The van der Waals surface area contributed by atoms with Gasteiger partial charge in [0.25, 0.3) is 11.2 Å². The third-order valence-corrected chi connectivity index (χ3v) is 5.46. The number of aromatic nitrogens is 2. The van der Waals surface area contributed by atoms with Crippen LogP contribution in [-0.2, 0) is 20.8 Å². The van der Waals surface area contributed by atoms with Crippen LogP contribution in [-0.4, -0.2) is 45.2 Å². The quantitative estimate of drug-likeness (QED) is 0.130. The molecule has 4 atom stereocenters. The number of azide groups is 1. The molecule has 14 heteroatoms. The minimum absolute atomic E-state index is 0.0350. The lowest BCUT2D eigenvalue weighted by Crippen LogP contribution is -2.33. The fraction of sp³-hybridized carbons (Fsp3) is 0.500. The summed E-state index contributed by atoms with van der Waals surface area (Å²) in [7, 11) is 0. The number of benzene rings is 1. The van der Waals surface area contributed by atoms with Crippen LogP contribution in [0.1, 0.15) is 42.4 Å². The van der Waals surface area contributed by atoms with Gasteiger partial charge >= 0.3 is 5.69 Å². The van der Waals surface area contributed by atoms with E-state index in [4.69, 9.17) is 19.7 Å². The average Bonchev–Trinajstić information content (AvgIpc) is 3.22. The maximum absolute atomic E-state index is 12.1. The van der Waals surface area contributed by atoms with Crippen LogP contribution in [0.15, 0.2) is 39.1 Å². The van der Waals surface area contributed by atoms with Gasteiger partial charge in [-0.2, -0.15) is 0 Å². The molecule has 0 spiro atoms. The van der Waals surface area contributed by atoms with E-state index in [-0.39, 0.29) is 37.6 Å². The van der Waals surface area contributed by atoms with Crippen LogP contribution in [0.3, 0.4) is 0 Å². The summed E-state index contributed by atoms with van der Waals surface area (Å²) in [5, 5.41) is 24.5. The van der Waals surface area contributed by atoms with Crippen molar-refractivity contribution in [3.8, 4) is 0 Å². The summed E-state index contributed by atoms with van der Waals surface area (Å²) in [6, 6.07) is 4.36. The van der Waals surface area contributed by atoms with Crippen molar-refractivity contribution in [1.29, 1.82) is 0 Å². The third-order valence-electron chi connectivity index (χ3n) is 5.46. The van der Waals surface area contributed by atoms with E-state index in [0.717, 1.165) is 0 Å². The highest BCUT2D eigenvalue weighted by Gasteiger charge is 2.37. The van der Waals surface area contributed by atoms with Gasteiger partial charge in [0.1, 0.15) is 19.1 Å². The molecule has 182 valence electrons. The number of nitrogens with zero attached hydrogens (tertiary/aromatic N) is 5. The Hall–Kier alpha value is -3.55. The Morgan fingerprint density at radius 1 is 1.47 bits per heavy atom. The lowest BCUT2D eigenvalue weighted by molar-refractivity contribution is -0.386. The van der Waals surface area contributed by atoms with E-state index in [1.807, 2.05) is 0 Å². The summed E-state index contributed by atoms with van der Waals surface area (Å²) < 4.78 is 18.3. The second-order valence-electron chi connectivity index (χ2n) is 7.70. The van der Waals surface area contributed by atoms with E-state index in [0.29, 0.717) is 11.1 Å². The van der Waals surface area contributed by atoms with Gasteiger partial charge in [0.2, 0.25) is 0 Å². The normalized spacial score (nSPS) is 20.6. The van der Waals surface area contributed by atoms with E-state index in [2.05, 4.69) is 15.0 Å². The number of H-pyrrole nitrogens is 1. The minimum Gasteiger partial charge on any atom is -0.394 e. The first-order valence-corrected chi connectivity index (χ1v) is 10.3. The number of hydrogen-bond donors (Lipinski definition) is 2. The van der Waals surface area contributed by atoms with Gasteiger partial charge in [0.15, 0.2) is 0 Å². The highest BCUT2D eigenvalue weighted by atomic mass is 16.7. The van der Waals surface area contributed by atoms with Gasteiger partial charge in [-0.3, -0.25) is 24.5 Å². The molecule has 1 fully saturated rings. The Bertz CT molecular complexity index is 1200. The van der Waals surface area contributed by atoms with Gasteiger partial charge in [0, 0.05) is 29.2 Å². The van der Waals surface area contributed by atoms with Gasteiger partial charge in [0.05, 0.1) is 35.8 Å². The molecule has 2 aromatic rings. The molecular weight excluding hydrogens is 452 g/mol. The molecule has 2 heterocycles. The van der Waals surface area contributed by atoms with Crippen LogP contribution >= 0.6 is 0 Å². The van der Waals surface area contributed by atoms with E-state index < -0.39 is 40.7 Å². The molecule has 1 aliphatic heterocycles. The number of aliphatic hydroxyl groups is 1. The average molecular weight is 476 g/mol. The number of aliphatic hydroxyl groups excluding tert-OH is 1. The van der Waals surface area contributed by atoms with Crippen molar-refractivity contribution >= 4 is 5.69 Å². The van der Waals surface area contributed by atoms with Crippen LogP contribution in [0.5, 0.6) is 0 Å². The predicted octanol–water partition coefficient (Wildman–Crippen LogP) is 1.96. The van der Waals surface area contributed by atoms with Gasteiger partial charge in [-0.15, -0.1) is 0 Å². The Morgan fingerprint density at radius 2 is 2.24 bits per heavy atom. The predicted molar refractivity (Wildman–Crippen MR) is 117 cm³/mol. The van der Waals surface area contributed by atoms with Crippen molar-refractivity contribution in [3.63, 3.8) is 0 Å². The molecule has 14 nitrogen and oxygen atoms in total. The fourth-order valence-electron chi connectivity index (χ4n) is 3.64. The smallest absolute Gasteiger partial charge is 0.330 e. The highest BCUT2D eigenvalue weighted by Crippen LogP contribution is 2.31. The molecule has 0 radical (unpaired) electrons. The lowest BCUT2D eigenvalue weighted by Gasteiger charge is -2.19. The number of nitro groups is 1. The van der Waals surface area contributed by atoms with E-state index >= 15 is 0 Å². The number of hydrogen-bond acceptors (Lipinski definition) is 9. The topological polar surface area (TPSA) is 195 Å². The zero-order valence-corrected chi connectivity index (χ0v) is 18.5. The number of rotatable bonds is 10. The maximum atomic E-state index is 12.1. The highest BCUT2D eigenvalue weighted by molar-refractivity contribution is 5.44. The van der Waals surface area contributed by atoms with Crippen LogP contribution in [0.4, 0.5) is 5.69 Å². The molecule has 0 amide bonds. The van der Waals surface area contributed by atoms with Gasteiger partial charge in [-0.25, -0.2) is 4.79 Å². The minimum atomic E-state index is -0.763. The second-order valence-corrected chi connectivity index (χ2v) is 7.70. The summed E-state index contributed by atoms with van der Waals surface area (Å²) in [4.78, 5) is 39.5. The van der Waals surface area contributed by atoms with Crippen LogP contribution in [0.25, 0.3) is 10.4 Å². The maximum Gasteiger partial charge on any atom is 0.330 e. The molecule has 1 saturated heterocycles. The van der Waals surface area contributed by atoms with Crippen molar-refractivity contribution in [1.82, 2.24) is 9.55 Å². The Morgan fingerprint density at radius 3 is 2.91 bits per heavy atom. The standard InChI is InChI=1S/C20H24N6O8/c1-11-8-25(20(29)23-19(11)28)18-6-16(17(9-27)34-18)33-10-32-12(2)14-5-13(7-22-24-21)3-4-15(14)26(30)31/h3-5,8,12,16-18,27H,6-7,9-10H2,1-2H3,(H,23,28,29)/t12?,16-,17-,18-/m1/s1. The SMILES string of the molecule is Cc1cn([C@H]2C[C@@H](OCOC(C)c3cc(CN=[N+]=[N-])ccc3[N+](=O)[O-])[C@@H](CO)O2)c(=O)[nH]c1=O. The zero-order valence-electron chi connectivity index (χ0n) is 18.5. The molecule has 34 heavy (non-hydrogen) atoms. The van der Waals surface area contributed by atoms with E-state index in [1.165, 1.54) is 29.0 Å². The third kappa shape index (κ3) is 5.68. The summed E-state index contributed by atoms with van der Waals surface area (Å²) in [5.41, 5.74) is 8.40. The van der Waals surface area contributed by atoms with Crippen LogP contribution in [0.2, 0.25) is 0 Å². The van der Waals surface area contributed by atoms with Crippen molar-refractivity contribution in [2.24, 2.45) is 5.11 Å². The summed E-state index contributed by atoms with van der Waals surface area (Å²) >= 11 is 0. The molecule has 3 rings (SSSR count). The number of aryl methyl sites for hydroxylation is 1. The van der Waals surface area contributed by atoms with E-state index in [1.54, 1.807) is 13.8 Å². The molecule has 1 unspecified atom stereocenters. The van der Waals surface area contributed by atoms with Gasteiger partial charge in [-0.1, -0.05) is 11.2 Å². The first-order chi connectivity index (χ1) is 16.2. The Kier molecular flexibility index (Phi) is 8.15. The molecule has 1 aromatic heterocycles. The second kappa shape index (κ2) is 11.0. The number of nitrogens with one attached hydrogen (secondary N) is 1. The van der Waals surface area contributed by atoms with Crippen molar-refractivity contribution in [3.05, 3.63) is 82.5 Å². The number of nitro benzene ring substituents is 1. The van der Waals surface area contributed by atoms with Crippen LogP contribution < -0.4 is 11.2 Å². The molecule has 0 saturated carbocycles. The molecule has 1 aliphatic rings. The largest absolute Gasteiger partial charge is 0.394 e. The van der Waals surface area contributed by atoms with Crippen molar-refractivity contribution in [2.45, 2.75) is 51.4 Å². The molecule has 0 aliphatic carbocycles. The summed E-state index contributed by atoms with van der Waals surface area (Å²) in [6.45, 7) is 2.56. The van der Waals surface area contributed by atoms with Crippen molar-refractivity contribution in [2.75, 3.05) is 13.4 Å². The monoisotopic (exact) mass is 476 g/mol. The number of ether oxygens (including phenoxy) is 3. The molecule has 2 N–H and O–H groups in total. The fourth-order valence-corrected chi connectivity index (χ4v) is 3.64. The lowest BCUT2D eigenvalue weighted by atomic mass is 10.0. The summed E-state index contributed by atoms with van der Waals surface area (Å²) in [6.07, 6.45) is -1.29. The van der Waals surface area contributed by atoms with Crippen LogP contribution in [0, 0.1) is 17.0 Å². The molecule has 1 aromatic carbocycles. The summed E-state index contributed by atoms with van der Waals surface area (Å²) in [5.74, 6) is 0. The first-order valence-electron chi connectivity index (χ1n) is 10.3. The number of aromatic amines is 1. The zero-order chi connectivity index (χ0) is 24.8. The van der Waals surface area contributed by atoms with Crippen molar-refractivity contribution < 1.29 is 24.2 Å². The first kappa shape index (κ1) is 25.1. The molecule has 0 bridgehead atoms. The Labute approximate surface area is 192 Å². The van der Waals surface area contributed by atoms with E-state index in [9.17, 15) is 24.8 Å². The van der Waals surface area contributed by atoms with Gasteiger partial charge in [-0.05, 0) is 31.0 Å². The molecular formula is C20H24N6O8.